The van der Waals surface area contributed by atoms with Crippen LogP contribution in [0.4, 0.5) is 0 Å². The molecule has 0 rings (SSSR count). The fourth-order valence-electron chi connectivity index (χ4n) is 5.98. The highest BCUT2D eigenvalue weighted by molar-refractivity contribution is 7.47. The molecular formula is C42H84N2O6P+. The average molecular weight is 744 g/mol. The molecule has 0 heterocycles. The number of nitrogens with zero attached hydrogens (tertiary/aromatic N) is 1. The Morgan fingerprint density at radius 2 is 1.06 bits per heavy atom. The number of quaternary nitrogens is 1. The lowest BCUT2D eigenvalue weighted by atomic mass is 10.1. The number of phosphoric ester groups is 1. The monoisotopic (exact) mass is 744 g/mol. The van der Waals surface area contributed by atoms with Crippen molar-refractivity contribution in [2.75, 3.05) is 40.9 Å². The first-order chi connectivity index (χ1) is 24.5. The van der Waals surface area contributed by atoms with Gasteiger partial charge >= 0.3 is 7.82 Å². The lowest BCUT2D eigenvalue weighted by molar-refractivity contribution is -0.870. The number of rotatable bonds is 38. The third-order valence-corrected chi connectivity index (χ3v) is 10.4. The van der Waals surface area contributed by atoms with Crippen LogP contribution >= 0.6 is 7.82 Å². The van der Waals surface area contributed by atoms with Gasteiger partial charge in [0.1, 0.15) is 13.2 Å². The molecule has 3 unspecified atom stereocenters. The van der Waals surface area contributed by atoms with Gasteiger partial charge in [-0.15, -0.1) is 0 Å². The third-order valence-electron chi connectivity index (χ3n) is 9.42. The van der Waals surface area contributed by atoms with E-state index in [1.54, 1.807) is 6.08 Å². The molecule has 0 saturated carbocycles. The smallest absolute Gasteiger partial charge is 0.387 e. The highest BCUT2D eigenvalue weighted by atomic mass is 31.2. The molecule has 0 aliphatic carbocycles. The highest BCUT2D eigenvalue weighted by Crippen LogP contribution is 2.43. The van der Waals surface area contributed by atoms with Gasteiger partial charge in [0.05, 0.1) is 39.9 Å². The normalized spacial score (nSPS) is 14.7. The SMILES string of the molecule is CCCCCCCCCCC/C=C\CCCCCCCC(=O)NC(COP(=O)(O)OCC[N+](C)(C)C)C(O)/C=C/CCCCCCCCCCC. The van der Waals surface area contributed by atoms with Gasteiger partial charge in [-0.05, 0) is 44.9 Å². The van der Waals surface area contributed by atoms with Crippen molar-refractivity contribution in [3.63, 3.8) is 0 Å². The summed E-state index contributed by atoms with van der Waals surface area (Å²) in [5.74, 6) is -0.187. The minimum atomic E-state index is -4.33. The Hall–Kier alpha value is -1.02. The minimum absolute atomic E-state index is 0.0607. The summed E-state index contributed by atoms with van der Waals surface area (Å²) in [5.41, 5.74) is 0. The van der Waals surface area contributed by atoms with Crippen LogP contribution in [0, 0.1) is 0 Å². The molecule has 1 amide bonds. The van der Waals surface area contributed by atoms with Gasteiger partial charge in [0.25, 0.3) is 0 Å². The van der Waals surface area contributed by atoms with Crippen molar-refractivity contribution >= 4 is 13.7 Å². The third kappa shape index (κ3) is 37.1. The molecule has 9 heteroatoms. The minimum Gasteiger partial charge on any atom is -0.387 e. The molecule has 3 N–H and O–H groups in total. The summed E-state index contributed by atoms with van der Waals surface area (Å²) in [6.45, 7) is 4.79. The Morgan fingerprint density at radius 3 is 1.51 bits per heavy atom. The topological polar surface area (TPSA) is 105 Å². The number of hydrogen-bond acceptors (Lipinski definition) is 5. The van der Waals surface area contributed by atoms with E-state index in [-0.39, 0.29) is 19.1 Å². The summed E-state index contributed by atoms with van der Waals surface area (Å²) in [5, 5.41) is 13.8. The molecule has 0 aliphatic heterocycles. The Bertz CT molecular complexity index is 891. The maximum atomic E-state index is 12.8. The van der Waals surface area contributed by atoms with Crippen LogP contribution in [0.3, 0.4) is 0 Å². The number of nitrogens with one attached hydrogen (secondary N) is 1. The van der Waals surface area contributed by atoms with Crippen LogP contribution in [0.1, 0.15) is 187 Å². The molecule has 0 aromatic rings. The maximum absolute atomic E-state index is 12.8. The number of amides is 1. The zero-order valence-corrected chi connectivity index (χ0v) is 35.0. The molecule has 302 valence electrons. The molecule has 8 nitrogen and oxygen atoms in total. The number of aliphatic hydroxyl groups is 1. The predicted octanol–water partition coefficient (Wildman–Crippen LogP) is 11.4. The molecule has 0 saturated heterocycles. The van der Waals surface area contributed by atoms with Gasteiger partial charge in [-0.3, -0.25) is 13.8 Å². The second-order valence-corrected chi connectivity index (χ2v) is 17.2. The molecule has 0 aromatic carbocycles. The first-order valence-corrected chi connectivity index (χ1v) is 22.7. The van der Waals surface area contributed by atoms with E-state index in [9.17, 15) is 19.4 Å². The number of carbonyl (C=O) groups is 1. The number of likely N-dealkylation sites (N-methyl/N-ethyl adjacent to an activating group) is 1. The van der Waals surface area contributed by atoms with Crippen molar-refractivity contribution in [2.45, 2.75) is 199 Å². The van der Waals surface area contributed by atoms with Gasteiger partial charge in [-0.25, -0.2) is 4.57 Å². The van der Waals surface area contributed by atoms with E-state index in [0.717, 1.165) is 51.4 Å². The Balaban J connectivity index is 4.41. The summed E-state index contributed by atoms with van der Waals surface area (Å²) in [4.78, 5) is 23.0. The summed E-state index contributed by atoms with van der Waals surface area (Å²) in [6, 6.07) is -0.846. The van der Waals surface area contributed by atoms with Crippen LogP contribution in [-0.4, -0.2) is 73.4 Å². The average Bonchev–Trinajstić information content (AvgIpc) is 3.07. The first-order valence-electron chi connectivity index (χ1n) is 21.2. The van der Waals surface area contributed by atoms with Crippen LogP contribution in [0.2, 0.25) is 0 Å². The van der Waals surface area contributed by atoms with Crippen LogP contribution in [0.15, 0.2) is 24.3 Å². The van der Waals surface area contributed by atoms with E-state index < -0.39 is 20.0 Å². The lowest BCUT2D eigenvalue weighted by Crippen LogP contribution is -2.45. The van der Waals surface area contributed by atoms with E-state index in [1.807, 2.05) is 27.2 Å². The van der Waals surface area contributed by atoms with Gasteiger partial charge in [-0.2, -0.15) is 0 Å². The Labute approximate surface area is 315 Å². The zero-order chi connectivity index (χ0) is 37.9. The molecule has 51 heavy (non-hydrogen) atoms. The lowest BCUT2D eigenvalue weighted by Gasteiger charge is -2.25. The van der Waals surface area contributed by atoms with E-state index in [1.165, 1.54) is 116 Å². The molecule has 0 fully saturated rings. The molecule has 0 aromatic heterocycles. The van der Waals surface area contributed by atoms with Crippen molar-refractivity contribution < 1.29 is 32.9 Å². The van der Waals surface area contributed by atoms with Crippen molar-refractivity contribution in [3.05, 3.63) is 24.3 Å². The maximum Gasteiger partial charge on any atom is 0.472 e. The van der Waals surface area contributed by atoms with Crippen molar-refractivity contribution in [1.82, 2.24) is 5.32 Å². The quantitative estimate of drug-likeness (QED) is 0.0252. The van der Waals surface area contributed by atoms with Gasteiger partial charge in [0.15, 0.2) is 0 Å². The van der Waals surface area contributed by atoms with Gasteiger partial charge in [0.2, 0.25) is 5.91 Å². The van der Waals surface area contributed by atoms with Crippen LogP contribution in [-0.2, 0) is 18.4 Å². The van der Waals surface area contributed by atoms with Crippen LogP contribution in [0.25, 0.3) is 0 Å². The van der Waals surface area contributed by atoms with Crippen molar-refractivity contribution in [3.8, 4) is 0 Å². The molecule has 0 bridgehead atoms. The van der Waals surface area contributed by atoms with Gasteiger partial charge < -0.3 is 19.8 Å². The van der Waals surface area contributed by atoms with E-state index in [2.05, 4.69) is 31.3 Å². The second kappa shape index (κ2) is 34.7. The fourth-order valence-corrected chi connectivity index (χ4v) is 6.71. The molecule has 0 radical (unpaired) electrons. The van der Waals surface area contributed by atoms with Gasteiger partial charge in [0, 0.05) is 6.42 Å². The predicted molar refractivity (Wildman–Crippen MR) is 217 cm³/mol. The summed E-state index contributed by atoms with van der Waals surface area (Å²) in [7, 11) is 1.57. The number of carbonyl (C=O) groups excluding carboxylic acids is 1. The fraction of sp³-hybridized carbons (Fsp3) is 0.881. The second-order valence-electron chi connectivity index (χ2n) is 15.7. The molecular weight excluding hydrogens is 659 g/mol. The summed E-state index contributed by atoms with van der Waals surface area (Å²) >= 11 is 0. The molecule has 0 spiro atoms. The highest BCUT2D eigenvalue weighted by Gasteiger charge is 2.27. The van der Waals surface area contributed by atoms with E-state index in [0.29, 0.717) is 17.4 Å². The number of hydrogen-bond donors (Lipinski definition) is 3. The zero-order valence-electron chi connectivity index (χ0n) is 34.1. The number of unbranched alkanes of at least 4 members (excludes halogenated alkanes) is 23. The number of allylic oxidation sites excluding steroid dienone is 3. The summed E-state index contributed by atoms with van der Waals surface area (Å²) in [6.07, 6.45) is 39.5. The molecule has 3 atom stereocenters. The van der Waals surface area contributed by atoms with Crippen molar-refractivity contribution in [1.29, 1.82) is 0 Å². The Morgan fingerprint density at radius 1 is 0.647 bits per heavy atom. The summed E-state index contributed by atoms with van der Waals surface area (Å²) < 4.78 is 23.5. The Kier molecular flexibility index (Phi) is 34.0. The van der Waals surface area contributed by atoms with Crippen molar-refractivity contribution in [2.24, 2.45) is 0 Å². The van der Waals surface area contributed by atoms with E-state index in [4.69, 9.17) is 9.05 Å². The van der Waals surface area contributed by atoms with Crippen LogP contribution in [0.5, 0.6) is 0 Å². The number of phosphoric acid groups is 1. The number of aliphatic hydroxyl groups excluding tert-OH is 1. The van der Waals surface area contributed by atoms with Crippen LogP contribution < -0.4 is 5.32 Å². The molecule has 0 aliphatic rings. The standard InChI is InChI=1S/C42H83N2O6P/c1-6-8-10-12-14-16-18-19-20-21-22-23-24-26-28-30-32-34-36-42(46)43-40(39-50-51(47,48)49-38-37-44(3,4)5)41(45)35-33-31-29-27-25-17-15-13-11-9-7-2/h22-23,33,35,40-41,45H,6-21,24-32,34,36-39H2,1-5H3,(H-,43,46,47,48)/p+1/b23-22-,35-33+. The van der Waals surface area contributed by atoms with E-state index >= 15 is 0 Å². The largest absolute Gasteiger partial charge is 0.472 e. The van der Waals surface area contributed by atoms with Gasteiger partial charge in [-0.1, -0.05) is 160 Å². The first kappa shape index (κ1) is 50.0.